The first-order valence-corrected chi connectivity index (χ1v) is 9.39. The van der Waals surface area contributed by atoms with E-state index in [1.807, 2.05) is 54.7 Å². The highest BCUT2D eigenvalue weighted by atomic mass is 16.5. The zero-order valence-electron chi connectivity index (χ0n) is 15.3. The van der Waals surface area contributed by atoms with Gasteiger partial charge in [0.2, 0.25) is 0 Å². The van der Waals surface area contributed by atoms with Crippen molar-refractivity contribution in [1.29, 1.82) is 0 Å². The fourth-order valence-electron chi connectivity index (χ4n) is 3.63. The molecule has 0 aliphatic carbocycles. The van der Waals surface area contributed by atoms with Gasteiger partial charge in [0.1, 0.15) is 12.2 Å². The minimum Gasteiger partial charge on any atom is -0.394 e. The van der Waals surface area contributed by atoms with Crippen LogP contribution in [-0.4, -0.2) is 45.2 Å². The van der Waals surface area contributed by atoms with Crippen molar-refractivity contribution in [1.82, 2.24) is 4.98 Å². The lowest BCUT2D eigenvalue weighted by Gasteiger charge is -2.37. The molecule has 0 amide bonds. The van der Waals surface area contributed by atoms with Crippen molar-refractivity contribution in [3.8, 4) is 22.3 Å². The molecule has 4 unspecified atom stereocenters. The van der Waals surface area contributed by atoms with E-state index in [2.05, 4.69) is 17.1 Å². The number of aromatic nitrogens is 1. The Bertz CT molecular complexity index is 913. The van der Waals surface area contributed by atoms with Crippen molar-refractivity contribution in [3.05, 3.63) is 78.6 Å². The third kappa shape index (κ3) is 3.84. The van der Waals surface area contributed by atoms with Gasteiger partial charge in [-0.2, -0.15) is 0 Å². The van der Waals surface area contributed by atoms with E-state index in [0.717, 1.165) is 27.8 Å². The van der Waals surface area contributed by atoms with Crippen LogP contribution in [-0.2, 0) is 4.74 Å². The van der Waals surface area contributed by atoms with Crippen LogP contribution in [0.5, 0.6) is 0 Å². The second-order valence-electron chi connectivity index (χ2n) is 7.10. The summed E-state index contributed by atoms with van der Waals surface area (Å²) in [6.07, 6.45) is 0.721. The molecule has 3 aromatic rings. The summed E-state index contributed by atoms with van der Waals surface area (Å²) in [6, 6.07) is 19.9. The van der Waals surface area contributed by atoms with Crippen molar-refractivity contribution in [3.63, 3.8) is 0 Å². The van der Waals surface area contributed by atoms with Crippen LogP contribution in [0.2, 0.25) is 0 Å². The average molecular weight is 377 g/mol. The molecule has 28 heavy (non-hydrogen) atoms. The summed E-state index contributed by atoms with van der Waals surface area (Å²) < 4.78 is 5.81. The zero-order valence-corrected chi connectivity index (χ0v) is 15.3. The quantitative estimate of drug-likeness (QED) is 0.651. The predicted molar refractivity (Wildman–Crippen MR) is 106 cm³/mol. The van der Waals surface area contributed by atoms with Crippen LogP contribution in [0, 0.1) is 0 Å². The van der Waals surface area contributed by atoms with Gasteiger partial charge in [0.05, 0.1) is 18.8 Å². The Morgan fingerprint density at radius 2 is 1.61 bits per heavy atom. The van der Waals surface area contributed by atoms with Gasteiger partial charge in [0.15, 0.2) is 0 Å². The minimum absolute atomic E-state index is 0.185. The number of pyridine rings is 1. The molecule has 0 bridgehead atoms. The monoisotopic (exact) mass is 377 g/mol. The predicted octanol–water partition coefficient (Wildman–Crippen LogP) is 2.96. The first-order chi connectivity index (χ1) is 13.7. The van der Waals surface area contributed by atoms with Crippen LogP contribution < -0.4 is 0 Å². The van der Waals surface area contributed by atoms with E-state index in [9.17, 15) is 15.3 Å². The third-order valence-electron chi connectivity index (χ3n) is 5.18. The van der Waals surface area contributed by atoms with Crippen molar-refractivity contribution in [2.24, 2.45) is 0 Å². The van der Waals surface area contributed by atoms with E-state index >= 15 is 0 Å². The average Bonchev–Trinajstić information content (AvgIpc) is 2.76. The smallest absolute Gasteiger partial charge is 0.111 e. The molecule has 0 saturated carbocycles. The Balaban J connectivity index is 1.60. The van der Waals surface area contributed by atoms with Crippen molar-refractivity contribution in [2.75, 3.05) is 6.61 Å². The SMILES string of the molecule is OCC1CC(O)C(O)C(c2cccc(-c3ccc(-c4cccnc4)cc3)c2)O1. The number of aliphatic hydroxyl groups is 3. The molecule has 1 aliphatic heterocycles. The summed E-state index contributed by atoms with van der Waals surface area (Å²) >= 11 is 0. The number of nitrogens with zero attached hydrogens (tertiary/aromatic N) is 1. The summed E-state index contributed by atoms with van der Waals surface area (Å²) in [7, 11) is 0. The molecule has 4 atom stereocenters. The number of ether oxygens (including phenoxy) is 1. The molecular weight excluding hydrogens is 354 g/mol. The standard InChI is InChI=1S/C23H23NO4/c25-14-20-12-21(26)22(27)23(28-20)18-4-1-3-17(11-18)15-6-8-16(9-7-15)19-5-2-10-24-13-19/h1-11,13,20-23,25-27H,12,14H2. The summed E-state index contributed by atoms with van der Waals surface area (Å²) in [5.74, 6) is 0. The summed E-state index contributed by atoms with van der Waals surface area (Å²) in [5, 5.41) is 29.8. The highest BCUT2D eigenvalue weighted by molar-refractivity contribution is 5.70. The van der Waals surface area contributed by atoms with Crippen molar-refractivity contribution in [2.45, 2.75) is 30.8 Å². The number of rotatable bonds is 4. The first kappa shape index (κ1) is 18.8. The first-order valence-electron chi connectivity index (χ1n) is 9.39. The Morgan fingerprint density at radius 3 is 2.29 bits per heavy atom. The zero-order chi connectivity index (χ0) is 19.5. The van der Waals surface area contributed by atoms with Crippen LogP contribution in [0.3, 0.4) is 0 Å². The molecule has 1 aromatic heterocycles. The van der Waals surface area contributed by atoms with Crippen molar-refractivity contribution >= 4 is 0 Å². The molecule has 0 radical (unpaired) electrons. The van der Waals surface area contributed by atoms with Gasteiger partial charge in [0.25, 0.3) is 0 Å². The fraction of sp³-hybridized carbons (Fsp3) is 0.261. The largest absolute Gasteiger partial charge is 0.394 e. The van der Waals surface area contributed by atoms with Gasteiger partial charge in [-0.05, 0) is 39.9 Å². The molecule has 2 heterocycles. The lowest BCUT2D eigenvalue weighted by atomic mass is 9.91. The molecular formula is C23H23NO4. The second-order valence-corrected chi connectivity index (χ2v) is 7.10. The Morgan fingerprint density at radius 1 is 0.893 bits per heavy atom. The van der Waals surface area contributed by atoms with E-state index in [-0.39, 0.29) is 13.0 Å². The molecule has 3 N–H and O–H groups in total. The van der Waals surface area contributed by atoms with E-state index in [1.54, 1.807) is 6.20 Å². The highest BCUT2D eigenvalue weighted by Crippen LogP contribution is 2.34. The maximum Gasteiger partial charge on any atom is 0.111 e. The third-order valence-corrected chi connectivity index (χ3v) is 5.18. The Labute approximate surface area is 163 Å². The number of hydrogen-bond acceptors (Lipinski definition) is 5. The molecule has 1 saturated heterocycles. The van der Waals surface area contributed by atoms with Gasteiger partial charge in [-0.15, -0.1) is 0 Å². The van der Waals surface area contributed by atoms with Gasteiger partial charge < -0.3 is 20.1 Å². The second kappa shape index (κ2) is 8.20. The van der Waals surface area contributed by atoms with Crippen LogP contribution in [0.4, 0.5) is 0 Å². The number of hydrogen-bond donors (Lipinski definition) is 3. The Kier molecular flexibility index (Phi) is 5.50. The summed E-state index contributed by atoms with van der Waals surface area (Å²) in [6.45, 7) is -0.185. The molecule has 1 aliphatic rings. The summed E-state index contributed by atoms with van der Waals surface area (Å²) in [5.41, 5.74) is 4.96. The van der Waals surface area contributed by atoms with Crippen LogP contribution in [0.1, 0.15) is 18.1 Å². The van der Waals surface area contributed by atoms with Crippen LogP contribution in [0.15, 0.2) is 73.1 Å². The molecule has 2 aromatic carbocycles. The van der Waals surface area contributed by atoms with Gasteiger partial charge in [0, 0.05) is 18.8 Å². The van der Waals surface area contributed by atoms with Gasteiger partial charge in [-0.3, -0.25) is 4.98 Å². The maximum absolute atomic E-state index is 10.4. The molecule has 4 rings (SSSR count). The highest BCUT2D eigenvalue weighted by Gasteiger charge is 2.37. The van der Waals surface area contributed by atoms with E-state index < -0.39 is 24.4 Å². The summed E-state index contributed by atoms with van der Waals surface area (Å²) in [4.78, 5) is 4.16. The molecule has 144 valence electrons. The molecule has 5 nitrogen and oxygen atoms in total. The van der Waals surface area contributed by atoms with Crippen LogP contribution >= 0.6 is 0 Å². The molecule has 0 spiro atoms. The normalized spacial score (nSPS) is 24.8. The number of benzene rings is 2. The van der Waals surface area contributed by atoms with Crippen LogP contribution in [0.25, 0.3) is 22.3 Å². The fourth-order valence-corrected chi connectivity index (χ4v) is 3.63. The van der Waals surface area contributed by atoms with E-state index in [1.165, 1.54) is 0 Å². The van der Waals surface area contributed by atoms with E-state index in [0.29, 0.717) is 0 Å². The van der Waals surface area contributed by atoms with Gasteiger partial charge in [-0.25, -0.2) is 0 Å². The van der Waals surface area contributed by atoms with E-state index in [4.69, 9.17) is 4.74 Å². The van der Waals surface area contributed by atoms with Crippen molar-refractivity contribution < 1.29 is 20.1 Å². The van der Waals surface area contributed by atoms with Gasteiger partial charge in [-0.1, -0.05) is 48.5 Å². The minimum atomic E-state index is -1.02. The lowest BCUT2D eigenvalue weighted by Crippen LogP contribution is -2.44. The number of aliphatic hydroxyl groups excluding tert-OH is 3. The molecule has 1 fully saturated rings. The molecule has 5 heteroatoms. The lowest BCUT2D eigenvalue weighted by molar-refractivity contribution is -0.179. The topological polar surface area (TPSA) is 82.8 Å². The maximum atomic E-state index is 10.4. The van der Waals surface area contributed by atoms with Gasteiger partial charge >= 0.3 is 0 Å². The Hall–Kier alpha value is -2.57.